The van der Waals surface area contributed by atoms with Crippen LogP contribution in [-0.2, 0) is 9.59 Å². The maximum Gasteiger partial charge on any atom is 0.310 e. The van der Waals surface area contributed by atoms with E-state index in [1.165, 1.54) is 12.1 Å². The average molecular weight is 307 g/mol. The minimum Gasteiger partial charge on any atom is -0.481 e. The summed E-state index contributed by atoms with van der Waals surface area (Å²) in [4.78, 5) is 23.9. The topological polar surface area (TPSA) is 66.4 Å². The number of anilines is 1. The van der Waals surface area contributed by atoms with Gasteiger partial charge in [0.25, 0.3) is 0 Å². The van der Waals surface area contributed by atoms with E-state index in [0.29, 0.717) is 12.8 Å². The van der Waals surface area contributed by atoms with E-state index < -0.39 is 23.1 Å². The third kappa shape index (κ3) is 3.84. The molecule has 1 saturated carbocycles. The number of benzene rings is 1. The zero-order chi connectivity index (χ0) is 16.2. The summed E-state index contributed by atoms with van der Waals surface area (Å²) < 4.78 is 13.8. The van der Waals surface area contributed by atoms with Crippen molar-refractivity contribution in [3.05, 3.63) is 29.6 Å². The molecule has 120 valence electrons. The summed E-state index contributed by atoms with van der Waals surface area (Å²) >= 11 is 0. The van der Waals surface area contributed by atoms with Crippen LogP contribution < -0.4 is 5.32 Å². The van der Waals surface area contributed by atoms with Gasteiger partial charge in [-0.25, -0.2) is 4.39 Å². The molecule has 0 aromatic heterocycles. The molecule has 0 atom stereocenters. The van der Waals surface area contributed by atoms with Crippen molar-refractivity contribution >= 4 is 17.6 Å². The van der Waals surface area contributed by atoms with Crippen LogP contribution in [0.4, 0.5) is 10.1 Å². The lowest BCUT2D eigenvalue weighted by Crippen LogP contribution is -2.35. The second-order valence-electron chi connectivity index (χ2n) is 6.21. The van der Waals surface area contributed by atoms with E-state index in [2.05, 4.69) is 5.32 Å². The Morgan fingerprint density at radius 2 is 1.86 bits per heavy atom. The SMILES string of the molecule is Cc1ccc(NC(=O)CC2(C(=O)O)CCCCCC2)c(F)c1. The molecule has 1 amide bonds. The van der Waals surface area contributed by atoms with Crippen LogP contribution in [0.5, 0.6) is 0 Å². The van der Waals surface area contributed by atoms with E-state index in [-0.39, 0.29) is 12.1 Å². The van der Waals surface area contributed by atoms with Crippen molar-refractivity contribution in [3.8, 4) is 0 Å². The predicted molar refractivity (Wildman–Crippen MR) is 82.2 cm³/mol. The average Bonchev–Trinajstić information content (AvgIpc) is 2.68. The van der Waals surface area contributed by atoms with Gasteiger partial charge in [-0.15, -0.1) is 0 Å². The number of amides is 1. The quantitative estimate of drug-likeness (QED) is 0.829. The van der Waals surface area contributed by atoms with E-state index >= 15 is 0 Å². The fourth-order valence-corrected chi connectivity index (χ4v) is 3.09. The number of aryl methyl sites for hydroxylation is 1. The number of carbonyl (C=O) groups excluding carboxylic acids is 1. The van der Waals surface area contributed by atoms with Crippen molar-refractivity contribution in [2.75, 3.05) is 5.32 Å². The van der Waals surface area contributed by atoms with Gasteiger partial charge < -0.3 is 10.4 Å². The van der Waals surface area contributed by atoms with E-state index in [0.717, 1.165) is 31.2 Å². The second kappa shape index (κ2) is 6.90. The minimum absolute atomic E-state index is 0.102. The van der Waals surface area contributed by atoms with Gasteiger partial charge in [0.1, 0.15) is 5.82 Å². The zero-order valence-corrected chi connectivity index (χ0v) is 12.8. The molecule has 5 heteroatoms. The van der Waals surface area contributed by atoms with E-state index in [9.17, 15) is 19.1 Å². The molecular formula is C17H22FNO3. The molecule has 2 rings (SSSR count). The fraction of sp³-hybridized carbons (Fsp3) is 0.529. The van der Waals surface area contributed by atoms with Crippen molar-refractivity contribution in [3.63, 3.8) is 0 Å². The summed E-state index contributed by atoms with van der Waals surface area (Å²) in [5.74, 6) is -1.86. The van der Waals surface area contributed by atoms with E-state index in [1.54, 1.807) is 13.0 Å². The molecule has 0 saturated heterocycles. The number of carboxylic acid groups (broad SMARTS) is 1. The molecule has 4 nitrogen and oxygen atoms in total. The number of hydrogen-bond acceptors (Lipinski definition) is 2. The highest BCUT2D eigenvalue weighted by atomic mass is 19.1. The van der Waals surface area contributed by atoms with Crippen LogP contribution in [0.25, 0.3) is 0 Å². The second-order valence-corrected chi connectivity index (χ2v) is 6.21. The molecule has 1 fully saturated rings. The monoisotopic (exact) mass is 307 g/mol. The molecule has 0 unspecified atom stereocenters. The first-order valence-electron chi connectivity index (χ1n) is 7.72. The normalized spacial score (nSPS) is 17.5. The Morgan fingerprint density at radius 3 is 2.41 bits per heavy atom. The van der Waals surface area contributed by atoms with Crippen molar-refractivity contribution in [1.82, 2.24) is 0 Å². The molecule has 0 aliphatic heterocycles. The zero-order valence-electron chi connectivity index (χ0n) is 12.8. The summed E-state index contributed by atoms with van der Waals surface area (Å²) in [6.07, 6.45) is 4.55. The third-order valence-corrected chi connectivity index (χ3v) is 4.41. The Bertz CT molecular complexity index is 563. The largest absolute Gasteiger partial charge is 0.481 e. The summed E-state index contributed by atoms with van der Waals surface area (Å²) in [6, 6.07) is 4.55. The highest BCUT2D eigenvalue weighted by Gasteiger charge is 2.40. The Morgan fingerprint density at radius 1 is 1.23 bits per heavy atom. The lowest BCUT2D eigenvalue weighted by Gasteiger charge is -2.27. The van der Waals surface area contributed by atoms with Crippen molar-refractivity contribution in [2.24, 2.45) is 5.41 Å². The van der Waals surface area contributed by atoms with Crippen LogP contribution in [-0.4, -0.2) is 17.0 Å². The van der Waals surface area contributed by atoms with Gasteiger partial charge in [-0.2, -0.15) is 0 Å². The minimum atomic E-state index is -1.01. The van der Waals surface area contributed by atoms with Gasteiger partial charge in [0, 0.05) is 6.42 Å². The first-order valence-corrected chi connectivity index (χ1v) is 7.72. The number of carboxylic acids is 1. The highest BCUT2D eigenvalue weighted by molar-refractivity contribution is 5.94. The Hall–Kier alpha value is -1.91. The van der Waals surface area contributed by atoms with Crippen LogP contribution in [0.1, 0.15) is 50.5 Å². The molecule has 1 aliphatic rings. The van der Waals surface area contributed by atoms with Gasteiger partial charge in [0.2, 0.25) is 5.91 Å². The Balaban J connectivity index is 2.09. The number of aliphatic carboxylic acids is 1. The number of halogens is 1. The summed E-state index contributed by atoms with van der Waals surface area (Å²) in [5.41, 5.74) is -0.145. The van der Waals surface area contributed by atoms with Crippen molar-refractivity contribution in [1.29, 1.82) is 0 Å². The van der Waals surface area contributed by atoms with Crippen LogP contribution in [0, 0.1) is 18.2 Å². The Kier molecular flexibility index (Phi) is 5.16. The van der Waals surface area contributed by atoms with Crippen molar-refractivity contribution in [2.45, 2.75) is 51.9 Å². The third-order valence-electron chi connectivity index (χ3n) is 4.41. The fourth-order valence-electron chi connectivity index (χ4n) is 3.09. The molecule has 0 spiro atoms. The van der Waals surface area contributed by atoms with E-state index in [1.807, 2.05) is 0 Å². The molecule has 0 bridgehead atoms. The van der Waals surface area contributed by atoms with Gasteiger partial charge >= 0.3 is 5.97 Å². The number of nitrogens with one attached hydrogen (secondary N) is 1. The van der Waals surface area contributed by atoms with E-state index in [4.69, 9.17) is 0 Å². The van der Waals surface area contributed by atoms with Gasteiger partial charge in [-0.1, -0.05) is 31.7 Å². The van der Waals surface area contributed by atoms with Crippen LogP contribution in [0.2, 0.25) is 0 Å². The van der Waals surface area contributed by atoms with Crippen LogP contribution >= 0.6 is 0 Å². The molecule has 1 aromatic rings. The molecule has 0 heterocycles. The first kappa shape index (κ1) is 16.5. The predicted octanol–water partition coefficient (Wildman–Crippen LogP) is 3.89. The molecule has 1 aromatic carbocycles. The summed E-state index contributed by atoms with van der Waals surface area (Å²) in [6.45, 7) is 1.76. The molecule has 1 aliphatic carbocycles. The standard InChI is InChI=1S/C17H22FNO3/c1-12-6-7-14(13(18)10-12)19-15(20)11-17(16(21)22)8-4-2-3-5-9-17/h6-7,10H,2-5,8-9,11H2,1H3,(H,19,20)(H,21,22). The van der Waals surface area contributed by atoms with Crippen molar-refractivity contribution < 1.29 is 19.1 Å². The first-order chi connectivity index (χ1) is 10.4. The maximum atomic E-state index is 13.8. The molecule has 22 heavy (non-hydrogen) atoms. The van der Waals surface area contributed by atoms with Crippen LogP contribution in [0.15, 0.2) is 18.2 Å². The van der Waals surface area contributed by atoms with Gasteiger partial charge in [0.15, 0.2) is 0 Å². The van der Waals surface area contributed by atoms with Gasteiger partial charge in [0.05, 0.1) is 11.1 Å². The molecule has 0 radical (unpaired) electrons. The smallest absolute Gasteiger partial charge is 0.310 e. The summed E-state index contributed by atoms with van der Waals surface area (Å²) in [7, 11) is 0. The maximum absolute atomic E-state index is 13.8. The number of rotatable bonds is 4. The Labute approximate surface area is 129 Å². The lowest BCUT2D eigenvalue weighted by molar-refractivity contribution is -0.152. The lowest BCUT2D eigenvalue weighted by atomic mass is 9.77. The van der Waals surface area contributed by atoms with Gasteiger partial charge in [-0.3, -0.25) is 9.59 Å². The highest BCUT2D eigenvalue weighted by Crippen LogP contribution is 2.38. The van der Waals surface area contributed by atoms with Gasteiger partial charge in [-0.05, 0) is 37.5 Å². The van der Waals surface area contributed by atoms with Crippen LogP contribution in [0.3, 0.4) is 0 Å². The number of hydrogen-bond donors (Lipinski definition) is 2. The molecule has 2 N–H and O–H groups in total. The summed E-state index contributed by atoms with van der Waals surface area (Å²) in [5, 5.41) is 12.1. The molecular weight excluding hydrogens is 285 g/mol. The number of carbonyl (C=O) groups is 2.